The maximum Gasteiger partial charge on any atom is 0.275 e. The molecule has 4 rings (SSSR count). The van der Waals surface area contributed by atoms with Gasteiger partial charge in [0.15, 0.2) is 0 Å². The number of carbonyl (C=O) groups is 1. The van der Waals surface area contributed by atoms with Gasteiger partial charge in [-0.1, -0.05) is 12.1 Å². The van der Waals surface area contributed by atoms with E-state index >= 15 is 0 Å². The van der Waals surface area contributed by atoms with E-state index in [1.54, 1.807) is 25.2 Å². The van der Waals surface area contributed by atoms with E-state index in [2.05, 4.69) is 20.2 Å². The summed E-state index contributed by atoms with van der Waals surface area (Å²) in [5, 5.41) is 2.74. The minimum absolute atomic E-state index is 0.00735. The average molecular weight is 440 g/mol. The van der Waals surface area contributed by atoms with Gasteiger partial charge < -0.3 is 10.2 Å². The standard InChI is InChI=1S/C22H25N5O3S/c1-26-13-11-17(12-14-26)27(2)31(29,30)18-9-7-16(8-10-18)24-22(28)21-15-23-19-5-3-4-6-20(19)25-21/h3-10,15,17H,11-14H2,1-2H3,(H,24,28). The van der Waals surface area contributed by atoms with Crippen molar-refractivity contribution in [2.75, 3.05) is 32.5 Å². The Morgan fingerprint density at radius 1 is 1.06 bits per heavy atom. The topological polar surface area (TPSA) is 95.5 Å². The predicted molar refractivity (Wildman–Crippen MR) is 119 cm³/mol. The van der Waals surface area contributed by atoms with E-state index in [1.165, 1.54) is 22.6 Å². The fraction of sp³-hybridized carbons (Fsp3) is 0.318. The third-order valence-corrected chi connectivity index (χ3v) is 7.60. The van der Waals surface area contributed by atoms with E-state index in [1.807, 2.05) is 25.2 Å². The fourth-order valence-corrected chi connectivity index (χ4v) is 5.11. The smallest absolute Gasteiger partial charge is 0.275 e. The zero-order valence-corrected chi connectivity index (χ0v) is 18.3. The van der Waals surface area contributed by atoms with Gasteiger partial charge in [0.25, 0.3) is 5.91 Å². The molecule has 2 aromatic carbocycles. The minimum atomic E-state index is -3.60. The number of carbonyl (C=O) groups excluding carboxylic acids is 1. The van der Waals surface area contributed by atoms with Crippen LogP contribution in [0.2, 0.25) is 0 Å². The molecule has 1 saturated heterocycles. The zero-order valence-electron chi connectivity index (χ0n) is 17.5. The summed E-state index contributed by atoms with van der Waals surface area (Å²) in [6.07, 6.45) is 3.05. The van der Waals surface area contributed by atoms with Crippen LogP contribution < -0.4 is 5.32 Å². The van der Waals surface area contributed by atoms with Crippen LogP contribution in [0, 0.1) is 0 Å². The Kier molecular flexibility index (Phi) is 5.99. The van der Waals surface area contributed by atoms with Crippen molar-refractivity contribution in [2.24, 2.45) is 0 Å². The second-order valence-corrected chi connectivity index (χ2v) is 9.78. The molecule has 0 atom stereocenters. The highest BCUT2D eigenvalue weighted by Crippen LogP contribution is 2.23. The zero-order chi connectivity index (χ0) is 22.0. The third kappa shape index (κ3) is 4.58. The normalized spacial score (nSPS) is 16.0. The Hall–Kier alpha value is -2.88. The van der Waals surface area contributed by atoms with Crippen molar-refractivity contribution in [2.45, 2.75) is 23.8 Å². The van der Waals surface area contributed by atoms with E-state index in [-0.39, 0.29) is 16.6 Å². The SMILES string of the molecule is CN1CCC(N(C)S(=O)(=O)c2ccc(NC(=O)c3cnc4ccccc4n3)cc2)CC1. The van der Waals surface area contributed by atoms with Crippen molar-refractivity contribution in [1.82, 2.24) is 19.2 Å². The van der Waals surface area contributed by atoms with Crippen molar-refractivity contribution in [1.29, 1.82) is 0 Å². The molecule has 1 amide bonds. The molecule has 0 spiro atoms. The number of hydrogen-bond donors (Lipinski definition) is 1. The van der Waals surface area contributed by atoms with Crippen LogP contribution in [0.15, 0.2) is 59.6 Å². The van der Waals surface area contributed by atoms with Gasteiger partial charge in [-0.05, 0) is 69.4 Å². The largest absolute Gasteiger partial charge is 0.321 e. The van der Waals surface area contributed by atoms with Crippen molar-refractivity contribution in [3.8, 4) is 0 Å². The van der Waals surface area contributed by atoms with Gasteiger partial charge in [0.1, 0.15) is 5.69 Å². The molecule has 0 aliphatic carbocycles. The van der Waals surface area contributed by atoms with E-state index in [0.29, 0.717) is 16.7 Å². The Morgan fingerprint density at radius 2 is 1.71 bits per heavy atom. The second kappa shape index (κ2) is 8.70. The van der Waals surface area contributed by atoms with E-state index < -0.39 is 15.9 Å². The number of aromatic nitrogens is 2. The summed E-state index contributed by atoms with van der Waals surface area (Å²) in [7, 11) is 0.0832. The number of anilines is 1. The van der Waals surface area contributed by atoms with E-state index in [9.17, 15) is 13.2 Å². The first kappa shape index (κ1) is 21.4. The van der Waals surface area contributed by atoms with Crippen molar-refractivity contribution < 1.29 is 13.2 Å². The van der Waals surface area contributed by atoms with Gasteiger partial charge in [-0.15, -0.1) is 0 Å². The minimum Gasteiger partial charge on any atom is -0.321 e. The first-order chi connectivity index (χ1) is 14.8. The number of likely N-dealkylation sites (tertiary alicyclic amines) is 1. The molecule has 162 valence electrons. The number of benzene rings is 2. The summed E-state index contributed by atoms with van der Waals surface area (Å²) in [4.78, 5) is 23.5. The number of para-hydroxylation sites is 2. The first-order valence-corrected chi connectivity index (χ1v) is 11.6. The lowest BCUT2D eigenvalue weighted by atomic mass is 10.1. The molecular weight excluding hydrogens is 414 g/mol. The van der Waals surface area contributed by atoms with Crippen molar-refractivity contribution in [3.05, 3.63) is 60.4 Å². The van der Waals surface area contributed by atoms with Gasteiger partial charge in [0, 0.05) is 18.8 Å². The number of nitrogens with zero attached hydrogens (tertiary/aromatic N) is 4. The van der Waals surface area contributed by atoms with Gasteiger partial charge in [-0.25, -0.2) is 13.4 Å². The lowest BCUT2D eigenvalue weighted by molar-refractivity contribution is 0.102. The van der Waals surface area contributed by atoms with Crippen molar-refractivity contribution >= 4 is 32.7 Å². The van der Waals surface area contributed by atoms with Gasteiger partial charge in [0.05, 0.1) is 22.1 Å². The molecule has 3 aromatic rings. The Morgan fingerprint density at radius 3 is 2.39 bits per heavy atom. The van der Waals surface area contributed by atoms with Crippen LogP contribution in [0.1, 0.15) is 23.3 Å². The quantitative estimate of drug-likeness (QED) is 0.657. The second-order valence-electron chi connectivity index (χ2n) is 7.78. The maximum absolute atomic E-state index is 13.0. The average Bonchev–Trinajstić information content (AvgIpc) is 2.79. The summed E-state index contributed by atoms with van der Waals surface area (Å²) in [6, 6.07) is 13.5. The number of nitrogens with one attached hydrogen (secondary N) is 1. The van der Waals surface area contributed by atoms with Crippen LogP contribution in [-0.2, 0) is 10.0 Å². The molecule has 2 heterocycles. The lowest BCUT2D eigenvalue weighted by Gasteiger charge is -2.34. The summed E-state index contributed by atoms with van der Waals surface area (Å²) in [5.41, 5.74) is 2.02. The maximum atomic E-state index is 13.0. The molecule has 0 radical (unpaired) electrons. The van der Waals surface area contributed by atoms with Crippen LogP contribution >= 0.6 is 0 Å². The first-order valence-electron chi connectivity index (χ1n) is 10.1. The number of piperidine rings is 1. The van der Waals surface area contributed by atoms with Gasteiger partial charge in [-0.2, -0.15) is 4.31 Å². The molecule has 0 bridgehead atoms. The molecule has 8 nitrogen and oxygen atoms in total. The van der Waals surface area contributed by atoms with Crippen LogP contribution in [0.5, 0.6) is 0 Å². The van der Waals surface area contributed by atoms with Crippen molar-refractivity contribution in [3.63, 3.8) is 0 Å². The molecule has 0 saturated carbocycles. The molecule has 0 unspecified atom stereocenters. The predicted octanol–water partition coefficient (Wildman–Crippen LogP) is 2.60. The summed E-state index contributed by atoms with van der Waals surface area (Å²) < 4.78 is 27.5. The highest BCUT2D eigenvalue weighted by atomic mass is 32.2. The summed E-state index contributed by atoms with van der Waals surface area (Å²) in [6.45, 7) is 1.76. The number of fused-ring (bicyclic) bond motifs is 1. The third-order valence-electron chi connectivity index (χ3n) is 5.67. The summed E-state index contributed by atoms with van der Waals surface area (Å²) in [5.74, 6) is -0.405. The Balaban J connectivity index is 1.46. The van der Waals surface area contributed by atoms with Gasteiger partial charge in [0.2, 0.25) is 10.0 Å². The van der Waals surface area contributed by atoms with Gasteiger partial charge >= 0.3 is 0 Å². The monoisotopic (exact) mass is 439 g/mol. The summed E-state index contributed by atoms with van der Waals surface area (Å²) >= 11 is 0. The van der Waals surface area contributed by atoms with Crippen LogP contribution in [0.3, 0.4) is 0 Å². The Labute approximate surface area is 182 Å². The lowest BCUT2D eigenvalue weighted by Crippen LogP contribution is -2.44. The molecule has 1 aromatic heterocycles. The molecule has 1 aliphatic heterocycles. The Bertz CT molecular complexity index is 1190. The fourth-order valence-electron chi connectivity index (χ4n) is 3.69. The number of rotatable bonds is 5. The van der Waals surface area contributed by atoms with E-state index in [4.69, 9.17) is 0 Å². The van der Waals surface area contributed by atoms with E-state index in [0.717, 1.165) is 25.9 Å². The number of amides is 1. The number of sulfonamides is 1. The highest BCUT2D eigenvalue weighted by Gasteiger charge is 2.30. The molecule has 1 N–H and O–H groups in total. The molecule has 31 heavy (non-hydrogen) atoms. The molecular formula is C22H25N5O3S. The molecule has 1 fully saturated rings. The highest BCUT2D eigenvalue weighted by molar-refractivity contribution is 7.89. The van der Waals surface area contributed by atoms with Crippen LogP contribution in [0.25, 0.3) is 11.0 Å². The number of hydrogen-bond acceptors (Lipinski definition) is 6. The van der Waals surface area contributed by atoms with Crippen LogP contribution in [-0.4, -0.2) is 66.7 Å². The molecule has 9 heteroatoms. The molecule has 1 aliphatic rings. The van der Waals surface area contributed by atoms with Gasteiger partial charge in [-0.3, -0.25) is 9.78 Å². The van der Waals surface area contributed by atoms with Crippen LogP contribution in [0.4, 0.5) is 5.69 Å².